The van der Waals surface area contributed by atoms with Gasteiger partial charge in [-0.25, -0.2) is 4.79 Å². The average molecular weight is 489 g/mol. The largest absolute Gasteiger partial charge is 0.466 e. The fourth-order valence-electron chi connectivity index (χ4n) is 4.80. The Labute approximate surface area is 203 Å². The molecule has 9 nitrogen and oxygen atoms in total. The number of amides is 4. The number of likely N-dealkylation sites (tertiary alicyclic amines) is 1. The number of hydrogen-bond acceptors (Lipinski definition) is 5. The van der Waals surface area contributed by atoms with Crippen LogP contribution in [0.3, 0.4) is 0 Å². The van der Waals surface area contributed by atoms with Gasteiger partial charge >= 0.3 is 12.0 Å². The van der Waals surface area contributed by atoms with Crippen molar-refractivity contribution in [2.75, 3.05) is 39.3 Å². The Kier molecular flexibility index (Phi) is 7.11. The van der Waals surface area contributed by atoms with E-state index in [9.17, 15) is 19.2 Å². The minimum absolute atomic E-state index is 0.0744. The lowest BCUT2D eigenvalue weighted by atomic mass is 9.95. The summed E-state index contributed by atoms with van der Waals surface area (Å²) in [7, 11) is 0. The number of piperidine rings is 1. The highest BCUT2D eigenvalue weighted by atomic mass is 35.5. The first-order valence-electron chi connectivity index (χ1n) is 11.6. The van der Waals surface area contributed by atoms with Gasteiger partial charge in [0.15, 0.2) is 0 Å². The van der Waals surface area contributed by atoms with E-state index < -0.39 is 6.04 Å². The van der Waals surface area contributed by atoms with Crippen LogP contribution in [0.1, 0.15) is 38.3 Å². The number of rotatable bonds is 6. The summed E-state index contributed by atoms with van der Waals surface area (Å²) >= 11 is 6.01. The van der Waals surface area contributed by atoms with Gasteiger partial charge in [0.25, 0.3) is 5.91 Å². The summed E-state index contributed by atoms with van der Waals surface area (Å²) in [4.78, 5) is 55.9. The molecular formula is C24H29ClN4O5. The van der Waals surface area contributed by atoms with E-state index in [0.717, 1.165) is 5.56 Å². The fraction of sp³-hybridized carbons (Fsp3) is 0.500. The van der Waals surface area contributed by atoms with Crippen LogP contribution in [-0.4, -0.2) is 77.8 Å². The van der Waals surface area contributed by atoms with E-state index in [1.165, 1.54) is 4.90 Å². The lowest BCUT2D eigenvalue weighted by Gasteiger charge is -2.33. The van der Waals surface area contributed by atoms with Crippen LogP contribution >= 0.6 is 11.6 Å². The van der Waals surface area contributed by atoms with Gasteiger partial charge in [-0.3, -0.25) is 19.3 Å². The van der Waals surface area contributed by atoms with Gasteiger partial charge in [-0.2, -0.15) is 0 Å². The van der Waals surface area contributed by atoms with Crippen molar-refractivity contribution >= 4 is 35.4 Å². The monoisotopic (exact) mass is 488 g/mol. The first-order chi connectivity index (χ1) is 16.3. The molecule has 0 saturated carbocycles. The number of benzene rings is 1. The summed E-state index contributed by atoms with van der Waals surface area (Å²) in [6.07, 6.45) is 1.10. The van der Waals surface area contributed by atoms with E-state index in [0.29, 0.717) is 55.4 Å². The van der Waals surface area contributed by atoms with Gasteiger partial charge in [-0.1, -0.05) is 23.7 Å². The molecule has 0 radical (unpaired) electrons. The normalized spacial score (nSPS) is 21.0. The molecular weight excluding hydrogens is 460 g/mol. The molecule has 0 aromatic heterocycles. The van der Waals surface area contributed by atoms with Gasteiger partial charge in [0.1, 0.15) is 6.54 Å². The number of halogens is 1. The highest BCUT2D eigenvalue weighted by molar-refractivity contribution is 6.30. The summed E-state index contributed by atoms with van der Waals surface area (Å²) in [5.74, 6) is -0.836. The topological polar surface area (TPSA) is 99.3 Å². The molecule has 4 amide bonds. The molecule has 1 saturated heterocycles. The predicted octanol–water partition coefficient (Wildman–Crippen LogP) is 2.32. The molecule has 34 heavy (non-hydrogen) atoms. The number of nitrogens with zero attached hydrogens (tertiary/aromatic N) is 3. The Morgan fingerprint density at radius 1 is 1.12 bits per heavy atom. The molecule has 1 N–H and O–H groups in total. The third-order valence-corrected chi connectivity index (χ3v) is 6.86. The number of ether oxygens (including phenoxy) is 1. The van der Waals surface area contributed by atoms with Crippen molar-refractivity contribution in [2.24, 2.45) is 5.92 Å². The van der Waals surface area contributed by atoms with Gasteiger partial charge < -0.3 is 19.9 Å². The minimum Gasteiger partial charge on any atom is -0.466 e. The number of carbonyl (C=O) groups is 4. The van der Waals surface area contributed by atoms with Gasteiger partial charge in [-0.15, -0.1) is 0 Å². The van der Waals surface area contributed by atoms with Crippen LogP contribution in [0, 0.1) is 5.92 Å². The van der Waals surface area contributed by atoms with Crippen molar-refractivity contribution in [1.82, 2.24) is 20.0 Å². The first-order valence-corrected chi connectivity index (χ1v) is 12.0. The van der Waals surface area contributed by atoms with Crippen molar-refractivity contribution < 1.29 is 23.9 Å². The molecule has 3 aliphatic heterocycles. The third-order valence-electron chi connectivity index (χ3n) is 6.61. The van der Waals surface area contributed by atoms with Gasteiger partial charge in [-0.05, 0) is 44.4 Å². The maximum absolute atomic E-state index is 13.4. The Morgan fingerprint density at radius 2 is 1.79 bits per heavy atom. The lowest BCUT2D eigenvalue weighted by Crippen LogP contribution is -2.47. The van der Waals surface area contributed by atoms with Gasteiger partial charge in [0.05, 0.1) is 36.4 Å². The summed E-state index contributed by atoms with van der Waals surface area (Å²) in [6.45, 7) is 5.40. The van der Waals surface area contributed by atoms with Crippen LogP contribution in [0.2, 0.25) is 5.02 Å². The molecule has 10 heteroatoms. The Balaban J connectivity index is 1.46. The molecule has 0 spiro atoms. The highest BCUT2D eigenvalue weighted by Crippen LogP contribution is 2.36. The fourth-order valence-corrected chi connectivity index (χ4v) is 4.93. The number of urea groups is 1. The molecule has 1 fully saturated rings. The molecule has 0 unspecified atom stereocenters. The summed E-state index contributed by atoms with van der Waals surface area (Å²) in [5.41, 5.74) is 1.87. The quantitative estimate of drug-likeness (QED) is 0.619. The summed E-state index contributed by atoms with van der Waals surface area (Å²) in [5, 5.41) is 3.48. The number of likely N-dealkylation sites (N-methyl/N-ethyl adjacent to an activating group) is 1. The molecule has 182 valence electrons. The van der Waals surface area contributed by atoms with E-state index in [1.54, 1.807) is 41.0 Å². The van der Waals surface area contributed by atoms with E-state index in [2.05, 4.69) is 5.32 Å². The maximum Gasteiger partial charge on any atom is 0.322 e. The number of esters is 1. The molecule has 0 aliphatic carbocycles. The minimum atomic E-state index is -0.601. The highest BCUT2D eigenvalue weighted by Gasteiger charge is 2.44. The van der Waals surface area contributed by atoms with E-state index in [4.69, 9.17) is 16.3 Å². The molecule has 1 atom stereocenters. The molecule has 0 bridgehead atoms. The summed E-state index contributed by atoms with van der Waals surface area (Å²) in [6, 6.07) is 6.13. The predicted molar refractivity (Wildman–Crippen MR) is 125 cm³/mol. The zero-order valence-electron chi connectivity index (χ0n) is 19.4. The SMILES string of the molecule is CCOC(=O)C1CCN(C(=O)CN2CC3=C(C2=O)[C@H](c2ccc(Cl)cc2)NC(=O)N3CC)CC1. The standard InChI is InChI=1S/C24H29ClN4O5/c1-3-29-18-13-28(14-19(30)27-11-9-16(10-12-27)23(32)34-4-2)22(31)20(18)21(26-24(29)33)15-5-7-17(25)8-6-15/h5-8,16,21H,3-4,9-14H2,1-2H3,(H,26,33)/t21-/m0/s1. The lowest BCUT2D eigenvalue weighted by molar-refractivity contribution is -0.151. The number of nitrogens with one attached hydrogen (secondary N) is 1. The van der Waals surface area contributed by atoms with Crippen molar-refractivity contribution in [3.63, 3.8) is 0 Å². The van der Waals surface area contributed by atoms with Crippen LogP contribution in [0.5, 0.6) is 0 Å². The third kappa shape index (κ3) is 4.61. The zero-order chi connectivity index (χ0) is 24.4. The van der Waals surface area contributed by atoms with Crippen molar-refractivity contribution in [3.8, 4) is 0 Å². The van der Waals surface area contributed by atoms with Crippen molar-refractivity contribution in [3.05, 3.63) is 46.1 Å². The Hall–Kier alpha value is -3.07. The molecule has 1 aromatic rings. The molecule has 3 aliphatic rings. The second-order valence-electron chi connectivity index (χ2n) is 8.61. The molecule has 4 rings (SSSR count). The van der Waals surface area contributed by atoms with Gasteiger partial charge in [0, 0.05) is 24.7 Å². The van der Waals surface area contributed by atoms with Gasteiger partial charge in [0.2, 0.25) is 5.91 Å². The smallest absolute Gasteiger partial charge is 0.322 e. The van der Waals surface area contributed by atoms with Crippen LogP contribution in [0.15, 0.2) is 35.5 Å². The Bertz CT molecular complexity index is 1020. The van der Waals surface area contributed by atoms with Crippen LogP contribution < -0.4 is 5.32 Å². The molecule has 1 aromatic carbocycles. The van der Waals surface area contributed by atoms with E-state index in [1.807, 2.05) is 6.92 Å². The average Bonchev–Trinajstić information content (AvgIpc) is 3.15. The number of carbonyl (C=O) groups excluding carboxylic acids is 4. The Morgan fingerprint density at radius 3 is 2.41 bits per heavy atom. The molecule has 3 heterocycles. The summed E-state index contributed by atoms with van der Waals surface area (Å²) < 4.78 is 5.09. The van der Waals surface area contributed by atoms with E-state index >= 15 is 0 Å². The van der Waals surface area contributed by atoms with Crippen molar-refractivity contribution in [1.29, 1.82) is 0 Å². The second-order valence-corrected chi connectivity index (χ2v) is 9.04. The maximum atomic E-state index is 13.4. The zero-order valence-corrected chi connectivity index (χ0v) is 20.1. The second kappa shape index (κ2) is 10.0. The first kappa shape index (κ1) is 24.1. The van der Waals surface area contributed by atoms with Crippen LogP contribution in [-0.2, 0) is 19.1 Å². The van der Waals surface area contributed by atoms with Crippen molar-refractivity contribution in [2.45, 2.75) is 32.7 Å². The van der Waals surface area contributed by atoms with Crippen LogP contribution in [0.4, 0.5) is 4.79 Å². The van der Waals surface area contributed by atoms with E-state index in [-0.39, 0.29) is 42.8 Å². The van der Waals surface area contributed by atoms with Crippen LogP contribution in [0.25, 0.3) is 0 Å². The number of hydrogen-bond donors (Lipinski definition) is 1.